The highest BCUT2D eigenvalue weighted by Gasteiger charge is 2.32. The van der Waals surface area contributed by atoms with E-state index in [1.54, 1.807) is 12.1 Å². The number of nitro groups is 1. The predicted molar refractivity (Wildman–Crippen MR) is 147 cm³/mol. The largest absolute Gasteiger partial charge is 0.353 e. The fourth-order valence-electron chi connectivity index (χ4n) is 4.79. The van der Waals surface area contributed by atoms with Gasteiger partial charge in [-0.15, -0.1) is 0 Å². The van der Waals surface area contributed by atoms with Gasteiger partial charge in [-0.3, -0.25) is 15.0 Å². The maximum atomic E-state index is 12.2. The molecule has 9 heteroatoms. The van der Waals surface area contributed by atoms with Crippen molar-refractivity contribution in [1.82, 2.24) is 14.9 Å². The summed E-state index contributed by atoms with van der Waals surface area (Å²) in [6, 6.07) is 26.3. The Morgan fingerprint density at radius 1 is 0.919 bits per heavy atom. The molecule has 0 unspecified atom stereocenters. The highest BCUT2D eigenvalue weighted by atomic mass is 35.5. The molecule has 4 aromatic rings. The van der Waals surface area contributed by atoms with Gasteiger partial charge in [0.25, 0.3) is 0 Å². The molecule has 1 N–H and O–H groups in total. The van der Waals surface area contributed by atoms with Crippen molar-refractivity contribution in [2.45, 2.75) is 13.0 Å². The number of hydrogen-bond donors (Lipinski definition) is 1. The summed E-state index contributed by atoms with van der Waals surface area (Å²) in [6.07, 6.45) is 1.37. The number of hydrogen-bond acceptors (Lipinski definition) is 7. The van der Waals surface area contributed by atoms with Crippen LogP contribution in [0.15, 0.2) is 85.2 Å². The lowest BCUT2D eigenvalue weighted by Crippen LogP contribution is -2.48. The smallest absolute Gasteiger partial charge is 0.348 e. The van der Waals surface area contributed by atoms with Crippen LogP contribution in [0, 0.1) is 17.0 Å². The standard InChI is InChI=1S/C28H27ClN6O2/c1-20-12-13-23(29)18-24(20)32-27-26(35(36)37)28(31-19-30-27)34-16-14-33(15-17-34)25(21-8-4-2-5-9-21)22-10-6-3-7-11-22/h2-13,18-19,25H,14-17H2,1H3,(H,30,31,32). The van der Waals surface area contributed by atoms with E-state index in [9.17, 15) is 10.1 Å². The minimum atomic E-state index is -0.416. The first-order chi connectivity index (χ1) is 18.0. The maximum Gasteiger partial charge on any atom is 0.353 e. The molecule has 0 bridgehead atoms. The summed E-state index contributed by atoms with van der Waals surface area (Å²) in [5, 5.41) is 15.8. The van der Waals surface area contributed by atoms with Gasteiger partial charge in [-0.25, -0.2) is 9.97 Å². The van der Waals surface area contributed by atoms with Gasteiger partial charge in [0.1, 0.15) is 6.33 Å². The summed E-state index contributed by atoms with van der Waals surface area (Å²) in [5.74, 6) is 0.465. The Morgan fingerprint density at radius 3 is 2.14 bits per heavy atom. The van der Waals surface area contributed by atoms with Gasteiger partial charge in [-0.1, -0.05) is 78.3 Å². The first-order valence-corrected chi connectivity index (χ1v) is 12.5. The number of rotatable bonds is 7. The van der Waals surface area contributed by atoms with Crippen LogP contribution in [0.2, 0.25) is 5.02 Å². The van der Waals surface area contributed by atoms with Crippen molar-refractivity contribution in [2.24, 2.45) is 0 Å². The number of nitrogens with one attached hydrogen (secondary N) is 1. The molecule has 8 nitrogen and oxygen atoms in total. The average molecular weight is 515 g/mol. The van der Waals surface area contributed by atoms with E-state index in [1.165, 1.54) is 17.5 Å². The number of halogens is 1. The zero-order chi connectivity index (χ0) is 25.8. The van der Waals surface area contributed by atoms with Crippen LogP contribution in [0.3, 0.4) is 0 Å². The summed E-state index contributed by atoms with van der Waals surface area (Å²) in [4.78, 5) is 24.7. The van der Waals surface area contributed by atoms with E-state index < -0.39 is 4.92 Å². The molecule has 188 valence electrons. The molecule has 1 saturated heterocycles. The van der Waals surface area contributed by atoms with E-state index in [2.05, 4.69) is 68.7 Å². The van der Waals surface area contributed by atoms with Gasteiger partial charge in [0.05, 0.1) is 11.0 Å². The topological polar surface area (TPSA) is 87.4 Å². The number of anilines is 3. The van der Waals surface area contributed by atoms with Crippen LogP contribution in [-0.4, -0.2) is 46.0 Å². The van der Waals surface area contributed by atoms with E-state index in [1.807, 2.05) is 30.0 Å². The zero-order valence-corrected chi connectivity index (χ0v) is 21.2. The summed E-state index contributed by atoms with van der Waals surface area (Å²) >= 11 is 6.15. The van der Waals surface area contributed by atoms with Gasteiger partial charge in [-0.05, 0) is 35.7 Å². The fourth-order valence-corrected chi connectivity index (χ4v) is 4.97. The number of nitrogens with zero attached hydrogens (tertiary/aromatic N) is 5. The van der Waals surface area contributed by atoms with Crippen LogP contribution >= 0.6 is 11.6 Å². The van der Waals surface area contributed by atoms with Gasteiger partial charge < -0.3 is 10.2 Å². The van der Waals surface area contributed by atoms with Gasteiger partial charge in [-0.2, -0.15) is 0 Å². The zero-order valence-electron chi connectivity index (χ0n) is 20.4. The second-order valence-corrected chi connectivity index (χ2v) is 9.42. The monoisotopic (exact) mass is 514 g/mol. The maximum absolute atomic E-state index is 12.2. The lowest BCUT2D eigenvalue weighted by Gasteiger charge is -2.40. The van der Waals surface area contributed by atoms with E-state index in [0.29, 0.717) is 29.6 Å². The Bertz CT molecular complexity index is 1340. The number of piperazine rings is 1. The quantitative estimate of drug-likeness (QED) is 0.239. The van der Waals surface area contributed by atoms with Crippen molar-refractivity contribution < 1.29 is 4.92 Å². The van der Waals surface area contributed by atoms with Gasteiger partial charge >= 0.3 is 5.69 Å². The molecule has 37 heavy (non-hydrogen) atoms. The van der Waals surface area contributed by atoms with E-state index in [4.69, 9.17) is 11.6 Å². The Kier molecular flexibility index (Phi) is 7.30. The van der Waals surface area contributed by atoms with Crippen LogP contribution in [0.5, 0.6) is 0 Å². The SMILES string of the molecule is Cc1ccc(Cl)cc1Nc1ncnc(N2CCN(C(c3ccccc3)c3ccccc3)CC2)c1[N+](=O)[O-]. The third kappa shape index (κ3) is 5.40. The highest BCUT2D eigenvalue weighted by molar-refractivity contribution is 6.30. The second-order valence-electron chi connectivity index (χ2n) is 8.98. The van der Waals surface area contributed by atoms with Gasteiger partial charge in [0.15, 0.2) is 0 Å². The van der Waals surface area contributed by atoms with Gasteiger partial charge in [0.2, 0.25) is 11.6 Å². The molecule has 0 amide bonds. The summed E-state index contributed by atoms with van der Waals surface area (Å²) in [7, 11) is 0. The molecule has 1 aliphatic rings. The molecule has 0 saturated carbocycles. The van der Waals surface area contributed by atoms with Crippen LogP contribution in [-0.2, 0) is 0 Å². The van der Waals surface area contributed by atoms with E-state index in [-0.39, 0.29) is 17.5 Å². The molecule has 5 rings (SSSR count). The first kappa shape index (κ1) is 24.7. The molecule has 0 atom stereocenters. The highest BCUT2D eigenvalue weighted by Crippen LogP contribution is 2.36. The number of aryl methyl sites for hydroxylation is 1. The first-order valence-electron chi connectivity index (χ1n) is 12.1. The molecule has 3 aromatic carbocycles. The van der Waals surface area contributed by atoms with E-state index >= 15 is 0 Å². The lowest BCUT2D eigenvalue weighted by atomic mass is 9.96. The molecule has 0 aliphatic carbocycles. The Hall–Kier alpha value is -4.01. The Labute approximate surface area is 220 Å². The van der Waals surface area contributed by atoms with Gasteiger partial charge in [0, 0.05) is 36.9 Å². The molecule has 0 radical (unpaired) electrons. The molecular weight excluding hydrogens is 488 g/mol. The van der Waals surface area contributed by atoms with Crippen molar-refractivity contribution in [3.05, 3.63) is 117 Å². The van der Waals surface area contributed by atoms with E-state index in [0.717, 1.165) is 18.7 Å². The van der Waals surface area contributed by atoms with Crippen LogP contribution in [0.1, 0.15) is 22.7 Å². The number of aromatic nitrogens is 2. The molecular formula is C28H27ClN6O2. The molecule has 1 aromatic heterocycles. The normalized spacial score (nSPS) is 14.1. The second kappa shape index (κ2) is 10.9. The van der Waals surface area contributed by atoms with Crippen molar-refractivity contribution in [3.63, 3.8) is 0 Å². The number of benzene rings is 3. The molecule has 1 aliphatic heterocycles. The minimum absolute atomic E-state index is 0.105. The van der Waals surface area contributed by atoms with Crippen molar-refractivity contribution in [3.8, 4) is 0 Å². The van der Waals surface area contributed by atoms with Crippen LogP contribution < -0.4 is 10.2 Å². The third-order valence-electron chi connectivity index (χ3n) is 6.65. The molecule has 0 spiro atoms. The van der Waals surface area contributed by atoms with Crippen molar-refractivity contribution in [2.75, 3.05) is 36.4 Å². The van der Waals surface area contributed by atoms with Crippen molar-refractivity contribution >= 4 is 34.6 Å². The fraction of sp³-hybridized carbons (Fsp3) is 0.214. The lowest BCUT2D eigenvalue weighted by molar-refractivity contribution is -0.383. The average Bonchev–Trinajstić information content (AvgIpc) is 2.92. The van der Waals surface area contributed by atoms with Crippen LogP contribution in [0.25, 0.3) is 0 Å². The Balaban J connectivity index is 1.40. The molecule has 2 heterocycles. The summed E-state index contributed by atoms with van der Waals surface area (Å²) in [6.45, 7) is 4.56. The van der Waals surface area contributed by atoms with Crippen LogP contribution in [0.4, 0.5) is 23.0 Å². The Morgan fingerprint density at radius 2 is 1.54 bits per heavy atom. The summed E-state index contributed by atoms with van der Waals surface area (Å²) < 4.78 is 0. The van der Waals surface area contributed by atoms with Crippen molar-refractivity contribution in [1.29, 1.82) is 0 Å². The predicted octanol–water partition coefficient (Wildman–Crippen LogP) is 6.00. The summed E-state index contributed by atoms with van der Waals surface area (Å²) in [5.41, 5.74) is 3.87. The minimum Gasteiger partial charge on any atom is -0.348 e. The third-order valence-corrected chi connectivity index (χ3v) is 6.88. The molecule has 1 fully saturated rings.